The van der Waals surface area contributed by atoms with Gasteiger partial charge in [-0.1, -0.05) is 0 Å². The van der Waals surface area contributed by atoms with E-state index < -0.39 is 27.9 Å². The molecule has 1 atom stereocenters. The molecule has 0 saturated heterocycles. The van der Waals surface area contributed by atoms with Crippen molar-refractivity contribution >= 4 is 21.8 Å². The molecule has 2 amide bonds. The van der Waals surface area contributed by atoms with Crippen molar-refractivity contribution in [2.45, 2.75) is 25.3 Å². The van der Waals surface area contributed by atoms with Crippen LogP contribution in [0, 0.1) is 5.92 Å². The van der Waals surface area contributed by atoms with Crippen LogP contribution < -0.4 is 5.32 Å². The quantitative estimate of drug-likeness (QED) is 0.683. The van der Waals surface area contributed by atoms with Crippen molar-refractivity contribution in [3.8, 4) is 0 Å². The van der Waals surface area contributed by atoms with E-state index in [0.29, 0.717) is 12.5 Å². The molecule has 0 spiro atoms. The molecule has 1 fully saturated rings. The predicted molar refractivity (Wildman–Crippen MR) is 69.6 cm³/mol. The topological polar surface area (TPSA) is 104 Å². The molecule has 19 heavy (non-hydrogen) atoms. The predicted octanol–water partition coefficient (Wildman–Crippen LogP) is -0.0743. The van der Waals surface area contributed by atoms with E-state index in [1.165, 1.54) is 4.90 Å². The number of amides is 2. The summed E-state index contributed by atoms with van der Waals surface area (Å²) in [6, 6.07) is -1.66. The maximum absolute atomic E-state index is 11.7. The Morgan fingerprint density at radius 2 is 2.00 bits per heavy atom. The van der Waals surface area contributed by atoms with Gasteiger partial charge in [0.1, 0.15) is 15.9 Å². The lowest BCUT2D eigenvalue weighted by Crippen LogP contribution is -2.47. The van der Waals surface area contributed by atoms with Crippen LogP contribution in [0.25, 0.3) is 0 Å². The fourth-order valence-electron chi connectivity index (χ4n) is 1.62. The second-order valence-electron chi connectivity index (χ2n) is 5.08. The van der Waals surface area contributed by atoms with Gasteiger partial charge in [0.25, 0.3) is 0 Å². The Bertz CT molecular complexity index is 444. The van der Waals surface area contributed by atoms with E-state index in [9.17, 15) is 18.0 Å². The van der Waals surface area contributed by atoms with Crippen LogP contribution in [-0.4, -0.2) is 62.1 Å². The average Bonchev–Trinajstić information content (AvgIpc) is 3.05. The number of rotatable bonds is 7. The number of nitrogens with zero attached hydrogens (tertiary/aromatic N) is 1. The molecule has 8 heteroatoms. The zero-order chi connectivity index (χ0) is 14.6. The third kappa shape index (κ3) is 6.42. The molecule has 1 aliphatic carbocycles. The minimum absolute atomic E-state index is 0.128. The number of hydrogen-bond donors (Lipinski definition) is 2. The van der Waals surface area contributed by atoms with Gasteiger partial charge in [0.05, 0.1) is 5.75 Å². The van der Waals surface area contributed by atoms with Crippen molar-refractivity contribution in [3.05, 3.63) is 0 Å². The average molecular weight is 292 g/mol. The van der Waals surface area contributed by atoms with Gasteiger partial charge in [-0.3, -0.25) is 0 Å². The molecule has 0 bridgehead atoms. The minimum atomic E-state index is -3.25. The molecular formula is C11H20N2O5S. The fraction of sp³-hybridized carbons (Fsp3) is 0.818. The highest BCUT2D eigenvalue weighted by molar-refractivity contribution is 7.90. The molecule has 110 valence electrons. The molecule has 0 aliphatic heterocycles. The number of nitrogens with one attached hydrogen (secondary N) is 1. The van der Waals surface area contributed by atoms with E-state index in [2.05, 4.69) is 5.32 Å². The molecule has 1 unspecified atom stereocenters. The van der Waals surface area contributed by atoms with Crippen molar-refractivity contribution < 1.29 is 23.1 Å². The lowest BCUT2D eigenvalue weighted by molar-refractivity contribution is -0.139. The van der Waals surface area contributed by atoms with Crippen LogP contribution in [0.4, 0.5) is 4.79 Å². The Hall–Kier alpha value is -1.31. The summed E-state index contributed by atoms with van der Waals surface area (Å²) >= 11 is 0. The Morgan fingerprint density at radius 3 is 2.42 bits per heavy atom. The van der Waals surface area contributed by atoms with Crippen molar-refractivity contribution in [3.63, 3.8) is 0 Å². The summed E-state index contributed by atoms with van der Waals surface area (Å²) in [7, 11) is -1.65. The third-order valence-corrected chi connectivity index (χ3v) is 3.93. The molecule has 0 radical (unpaired) electrons. The first-order chi connectivity index (χ1) is 8.69. The number of carboxylic acids is 1. The smallest absolute Gasteiger partial charge is 0.326 e. The molecule has 1 aliphatic rings. The number of sulfone groups is 1. The number of carbonyl (C=O) groups excluding carboxylic acids is 1. The van der Waals surface area contributed by atoms with Crippen LogP contribution >= 0.6 is 0 Å². The summed E-state index contributed by atoms with van der Waals surface area (Å²) in [6.45, 7) is 0.601. The second-order valence-corrected chi connectivity index (χ2v) is 7.34. The lowest BCUT2D eigenvalue weighted by Gasteiger charge is -2.21. The number of hydrogen-bond acceptors (Lipinski definition) is 4. The Morgan fingerprint density at radius 1 is 1.42 bits per heavy atom. The van der Waals surface area contributed by atoms with E-state index in [1.807, 2.05) is 0 Å². The highest BCUT2D eigenvalue weighted by Gasteiger charge is 2.27. The van der Waals surface area contributed by atoms with Crippen LogP contribution in [0.5, 0.6) is 0 Å². The third-order valence-electron chi connectivity index (χ3n) is 2.95. The Balaban J connectivity index is 2.47. The van der Waals surface area contributed by atoms with Crippen molar-refractivity contribution in [1.82, 2.24) is 10.2 Å². The molecule has 0 aromatic carbocycles. The second kappa shape index (κ2) is 6.23. The molecule has 0 aromatic heterocycles. The number of carboxylic acid groups (broad SMARTS) is 1. The molecule has 0 aromatic rings. The van der Waals surface area contributed by atoms with Gasteiger partial charge in [0, 0.05) is 19.8 Å². The summed E-state index contributed by atoms with van der Waals surface area (Å²) in [6.07, 6.45) is 3.09. The summed E-state index contributed by atoms with van der Waals surface area (Å²) in [4.78, 5) is 24.2. The molecule has 7 nitrogen and oxygen atoms in total. The monoisotopic (exact) mass is 292 g/mol. The zero-order valence-electron chi connectivity index (χ0n) is 11.1. The van der Waals surface area contributed by atoms with Gasteiger partial charge < -0.3 is 15.3 Å². The first kappa shape index (κ1) is 15.7. The first-order valence-electron chi connectivity index (χ1n) is 6.11. The van der Waals surface area contributed by atoms with Crippen molar-refractivity contribution in [2.75, 3.05) is 25.6 Å². The van der Waals surface area contributed by atoms with Gasteiger partial charge >= 0.3 is 12.0 Å². The Labute approximate surface area is 112 Å². The van der Waals surface area contributed by atoms with Gasteiger partial charge in [-0.05, 0) is 25.2 Å². The summed E-state index contributed by atoms with van der Waals surface area (Å²) in [5.74, 6) is -0.983. The fourth-order valence-corrected chi connectivity index (χ4v) is 2.28. The molecule has 1 rings (SSSR count). The number of urea groups is 1. The first-order valence-corrected chi connectivity index (χ1v) is 8.17. The van der Waals surface area contributed by atoms with Gasteiger partial charge in [-0.25, -0.2) is 18.0 Å². The highest BCUT2D eigenvalue weighted by atomic mass is 32.2. The van der Waals surface area contributed by atoms with Gasteiger partial charge in [-0.2, -0.15) is 0 Å². The van der Waals surface area contributed by atoms with Gasteiger partial charge in [-0.15, -0.1) is 0 Å². The van der Waals surface area contributed by atoms with E-state index in [-0.39, 0.29) is 12.2 Å². The van der Waals surface area contributed by atoms with Crippen LogP contribution in [0.15, 0.2) is 0 Å². The van der Waals surface area contributed by atoms with Crippen LogP contribution in [0.3, 0.4) is 0 Å². The van der Waals surface area contributed by atoms with Gasteiger partial charge in [0.2, 0.25) is 0 Å². The molecule has 1 saturated carbocycles. The highest BCUT2D eigenvalue weighted by Crippen LogP contribution is 2.29. The minimum Gasteiger partial charge on any atom is -0.480 e. The lowest BCUT2D eigenvalue weighted by atomic mass is 10.2. The van der Waals surface area contributed by atoms with Crippen molar-refractivity contribution in [2.24, 2.45) is 5.92 Å². The molecule has 0 heterocycles. The summed E-state index contributed by atoms with van der Waals surface area (Å²) in [5.41, 5.74) is 0. The van der Waals surface area contributed by atoms with Crippen molar-refractivity contribution in [1.29, 1.82) is 0 Å². The maximum atomic E-state index is 11.7. The normalized spacial score (nSPS) is 16.7. The van der Waals surface area contributed by atoms with E-state index in [1.54, 1.807) is 7.05 Å². The summed E-state index contributed by atoms with van der Waals surface area (Å²) < 4.78 is 22.0. The number of carbonyl (C=O) groups is 2. The van der Waals surface area contributed by atoms with E-state index in [4.69, 9.17) is 5.11 Å². The van der Waals surface area contributed by atoms with E-state index >= 15 is 0 Å². The van der Waals surface area contributed by atoms with Gasteiger partial charge in [0.15, 0.2) is 0 Å². The molecular weight excluding hydrogens is 272 g/mol. The van der Waals surface area contributed by atoms with Crippen LogP contribution in [0.2, 0.25) is 0 Å². The van der Waals surface area contributed by atoms with E-state index in [0.717, 1.165) is 19.1 Å². The zero-order valence-corrected chi connectivity index (χ0v) is 11.9. The van der Waals surface area contributed by atoms with Crippen LogP contribution in [-0.2, 0) is 14.6 Å². The van der Waals surface area contributed by atoms with Crippen LogP contribution in [0.1, 0.15) is 19.3 Å². The molecule has 2 N–H and O–H groups in total. The maximum Gasteiger partial charge on any atom is 0.326 e. The standard InChI is InChI=1S/C11H20N2O5S/c1-13(7-8-3-4-8)11(16)12-9(10(14)15)5-6-19(2,17)18/h8-9H,3-7H2,1-2H3,(H,12,16)(H,14,15). The summed E-state index contributed by atoms with van der Waals surface area (Å²) in [5, 5.41) is 11.3. The SMILES string of the molecule is CN(CC1CC1)C(=O)NC(CCS(C)(=O)=O)C(=O)O. The number of aliphatic carboxylic acids is 1. The largest absolute Gasteiger partial charge is 0.480 e. The Kier molecular flexibility index (Phi) is 5.16.